The van der Waals surface area contributed by atoms with Crippen molar-refractivity contribution in [3.63, 3.8) is 0 Å². The number of fused-ring (bicyclic) bond motifs is 2. The van der Waals surface area contributed by atoms with Crippen molar-refractivity contribution >= 4 is 10.0 Å². The molecular weight excluding hydrogens is 270 g/mol. The van der Waals surface area contributed by atoms with E-state index in [9.17, 15) is 18.0 Å². The van der Waals surface area contributed by atoms with Gasteiger partial charge in [-0.15, -0.1) is 0 Å². The average Bonchev–Trinajstić information content (AvgIpc) is 2.88. The fraction of sp³-hybridized carbons (Fsp3) is 0.636. The number of aromatic amines is 1. The Hall–Kier alpha value is -1.41. The van der Waals surface area contributed by atoms with Crippen LogP contribution in [0, 0.1) is 11.8 Å². The predicted molar refractivity (Wildman–Crippen MR) is 67.2 cm³/mol. The summed E-state index contributed by atoms with van der Waals surface area (Å²) in [5.41, 5.74) is -1.51. The lowest BCUT2D eigenvalue weighted by Crippen LogP contribution is -2.37. The molecule has 19 heavy (non-hydrogen) atoms. The molecule has 0 saturated heterocycles. The zero-order valence-electron chi connectivity index (χ0n) is 10.2. The van der Waals surface area contributed by atoms with Crippen molar-refractivity contribution in [1.82, 2.24) is 9.55 Å². The Morgan fingerprint density at radius 3 is 2.53 bits per heavy atom. The molecule has 2 bridgehead atoms. The quantitative estimate of drug-likeness (QED) is 0.765. The first kappa shape index (κ1) is 12.6. The summed E-state index contributed by atoms with van der Waals surface area (Å²) in [6.45, 7) is 0. The molecule has 104 valence electrons. The lowest BCUT2D eigenvalue weighted by Gasteiger charge is -2.23. The number of nitrogens with one attached hydrogen (secondary N) is 1. The molecule has 1 aromatic heterocycles. The smallest absolute Gasteiger partial charge is 0.296 e. The fourth-order valence-electron chi connectivity index (χ4n) is 3.47. The highest BCUT2D eigenvalue weighted by Crippen LogP contribution is 2.50. The standard InChI is InChI=1S/C11H15N3O4S/c12-19(17,18)9-5-14(11(16)13-10(9)15)8-4-6-1-2-7(8)3-6/h5-8H,1-4H2,(H2,12,17,18)(H,13,15,16). The molecule has 0 radical (unpaired) electrons. The summed E-state index contributed by atoms with van der Waals surface area (Å²) in [5.74, 6) is 0.994. The summed E-state index contributed by atoms with van der Waals surface area (Å²) in [7, 11) is -4.12. The van der Waals surface area contributed by atoms with E-state index in [4.69, 9.17) is 5.14 Å². The number of hydrogen-bond acceptors (Lipinski definition) is 4. The maximum atomic E-state index is 11.9. The molecule has 2 saturated carbocycles. The van der Waals surface area contributed by atoms with Gasteiger partial charge < -0.3 is 0 Å². The second-order valence-corrected chi connectivity index (χ2v) is 6.98. The largest absolute Gasteiger partial charge is 0.328 e. The predicted octanol–water partition coefficient (Wildman–Crippen LogP) is -0.455. The summed E-state index contributed by atoms with van der Waals surface area (Å²) < 4.78 is 24.0. The highest BCUT2D eigenvalue weighted by atomic mass is 32.2. The van der Waals surface area contributed by atoms with Gasteiger partial charge >= 0.3 is 5.69 Å². The lowest BCUT2D eigenvalue weighted by atomic mass is 9.95. The van der Waals surface area contributed by atoms with Crippen LogP contribution in [-0.4, -0.2) is 18.0 Å². The van der Waals surface area contributed by atoms with Gasteiger partial charge in [-0.05, 0) is 31.1 Å². The summed E-state index contributed by atoms with van der Waals surface area (Å²) in [6.07, 6.45) is 5.25. The molecule has 7 nitrogen and oxygen atoms in total. The molecule has 0 aliphatic heterocycles. The Balaban J connectivity index is 2.12. The van der Waals surface area contributed by atoms with E-state index in [0.717, 1.165) is 25.5 Å². The number of nitrogens with two attached hydrogens (primary N) is 1. The van der Waals surface area contributed by atoms with Gasteiger partial charge in [0.15, 0.2) is 4.90 Å². The Labute approximate surface area is 109 Å². The van der Waals surface area contributed by atoms with Gasteiger partial charge in [0.25, 0.3) is 5.56 Å². The van der Waals surface area contributed by atoms with E-state index < -0.39 is 26.2 Å². The monoisotopic (exact) mass is 285 g/mol. The topological polar surface area (TPSA) is 115 Å². The number of H-pyrrole nitrogens is 1. The van der Waals surface area contributed by atoms with Crippen molar-refractivity contribution in [1.29, 1.82) is 0 Å². The summed E-state index contributed by atoms with van der Waals surface area (Å²) in [4.78, 5) is 24.8. The molecule has 1 heterocycles. The van der Waals surface area contributed by atoms with E-state index in [1.54, 1.807) is 0 Å². The zero-order valence-corrected chi connectivity index (χ0v) is 11.0. The van der Waals surface area contributed by atoms with Crippen molar-refractivity contribution < 1.29 is 8.42 Å². The molecule has 3 atom stereocenters. The molecule has 0 amide bonds. The molecule has 3 unspecified atom stereocenters. The van der Waals surface area contributed by atoms with Gasteiger partial charge in [0.2, 0.25) is 10.0 Å². The Bertz CT molecular complexity index is 733. The lowest BCUT2D eigenvalue weighted by molar-refractivity contribution is 0.316. The molecular formula is C11H15N3O4S. The molecule has 2 fully saturated rings. The van der Waals surface area contributed by atoms with Crippen molar-refractivity contribution in [3.05, 3.63) is 27.0 Å². The Kier molecular flexibility index (Phi) is 2.68. The molecule has 1 aromatic rings. The van der Waals surface area contributed by atoms with Crippen LogP contribution < -0.4 is 16.4 Å². The van der Waals surface area contributed by atoms with Crippen LogP contribution in [0.25, 0.3) is 0 Å². The van der Waals surface area contributed by atoms with Gasteiger partial charge in [-0.2, -0.15) is 0 Å². The van der Waals surface area contributed by atoms with Crippen LogP contribution in [0.15, 0.2) is 20.7 Å². The Morgan fingerprint density at radius 1 is 1.26 bits per heavy atom. The van der Waals surface area contributed by atoms with Crippen LogP contribution in [0.5, 0.6) is 0 Å². The minimum absolute atomic E-state index is 0.0244. The van der Waals surface area contributed by atoms with Gasteiger partial charge in [-0.25, -0.2) is 18.4 Å². The van der Waals surface area contributed by atoms with Crippen molar-refractivity contribution in [2.75, 3.05) is 0 Å². The molecule has 3 rings (SSSR count). The maximum absolute atomic E-state index is 11.9. The van der Waals surface area contributed by atoms with Crippen LogP contribution in [0.1, 0.15) is 31.7 Å². The number of sulfonamides is 1. The number of hydrogen-bond donors (Lipinski definition) is 2. The number of primary sulfonamides is 1. The van der Waals surface area contributed by atoms with Gasteiger partial charge in [0.1, 0.15) is 0 Å². The van der Waals surface area contributed by atoms with Crippen LogP contribution in [0.3, 0.4) is 0 Å². The molecule has 3 N–H and O–H groups in total. The van der Waals surface area contributed by atoms with Crippen molar-refractivity contribution in [3.8, 4) is 0 Å². The van der Waals surface area contributed by atoms with Gasteiger partial charge in [0.05, 0.1) is 0 Å². The molecule has 2 aliphatic carbocycles. The van der Waals surface area contributed by atoms with E-state index in [-0.39, 0.29) is 6.04 Å². The highest BCUT2D eigenvalue weighted by molar-refractivity contribution is 7.89. The normalized spacial score (nSPS) is 29.8. The first-order valence-corrected chi connectivity index (χ1v) is 7.79. The second-order valence-electron chi connectivity index (χ2n) is 5.45. The zero-order chi connectivity index (χ0) is 13.8. The van der Waals surface area contributed by atoms with Crippen molar-refractivity contribution in [2.24, 2.45) is 17.0 Å². The van der Waals surface area contributed by atoms with Gasteiger partial charge in [-0.1, -0.05) is 6.42 Å². The second kappa shape index (κ2) is 4.04. The minimum Gasteiger partial charge on any atom is -0.296 e. The highest BCUT2D eigenvalue weighted by Gasteiger charge is 2.41. The SMILES string of the molecule is NS(=O)(=O)c1cn(C2CC3CCC2C3)c(=O)[nH]c1=O. The molecule has 0 aromatic carbocycles. The summed E-state index contributed by atoms with van der Waals surface area (Å²) in [6, 6.07) is -0.0244. The van der Waals surface area contributed by atoms with E-state index in [0.29, 0.717) is 11.8 Å². The third-order valence-electron chi connectivity index (χ3n) is 4.30. The van der Waals surface area contributed by atoms with Crippen LogP contribution in [-0.2, 0) is 10.0 Å². The maximum Gasteiger partial charge on any atom is 0.328 e. The molecule has 2 aliphatic rings. The van der Waals surface area contributed by atoms with Crippen LogP contribution in [0.2, 0.25) is 0 Å². The third kappa shape index (κ3) is 2.04. The summed E-state index contributed by atoms with van der Waals surface area (Å²) in [5, 5.41) is 4.99. The Morgan fingerprint density at radius 2 is 2.00 bits per heavy atom. The first-order valence-electron chi connectivity index (χ1n) is 6.24. The molecule has 0 spiro atoms. The van der Waals surface area contributed by atoms with Crippen LogP contribution >= 0.6 is 0 Å². The number of nitrogens with zero attached hydrogens (tertiary/aromatic N) is 1. The van der Waals surface area contributed by atoms with Crippen molar-refractivity contribution in [2.45, 2.75) is 36.6 Å². The fourth-order valence-corrected chi connectivity index (χ4v) is 4.04. The van der Waals surface area contributed by atoms with Gasteiger partial charge in [-0.3, -0.25) is 14.3 Å². The van der Waals surface area contributed by atoms with E-state index >= 15 is 0 Å². The first-order chi connectivity index (χ1) is 8.86. The van der Waals surface area contributed by atoms with E-state index in [2.05, 4.69) is 0 Å². The average molecular weight is 285 g/mol. The molecule has 8 heteroatoms. The number of rotatable bonds is 2. The van der Waals surface area contributed by atoms with Crippen LogP contribution in [0.4, 0.5) is 0 Å². The third-order valence-corrected chi connectivity index (χ3v) is 5.20. The van der Waals surface area contributed by atoms with Gasteiger partial charge in [0, 0.05) is 12.2 Å². The van der Waals surface area contributed by atoms with E-state index in [1.165, 1.54) is 11.0 Å². The minimum atomic E-state index is -4.12. The summed E-state index contributed by atoms with van der Waals surface area (Å²) >= 11 is 0. The number of aromatic nitrogens is 2. The van der Waals surface area contributed by atoms with E-state index in [1.807, 2.05) is 4.98 Å².